The Labute approximate surface area is 125 Å². The van der Waals surface area contributed by atoms with E-state index in [1.54, 1.807) is 18.2 Å². The van der Waals surface area contributed by atoms with Gasteiger partial charge in [0.2, 0.25) is 0 Å². The quantitative estimate of drug-likeness (QED) is 0.775. The number of benzene rings is 1. The lowest BCUT2D eigenvalue weighted by atomic mass is 9.96. The maximum atomic E-state index is 12.3. The van der Waals surface area contributed by atoms with Crippen LogP contribution >= 0.6 is 24.2 Å². The highest BCUT2D eigenvalue weighted by molar-refractivity contribution is 7.80. The molecule has 4 heteroatoms. The van der Waals surface area contributed by atoms with Crippen LogP contribution in [0.15, 0.2) is 23.1 Å². The first-order valence-electron chi connectivity index (χ1n) is 6.96. The minimum Gasteiger partial charge on any atom is -0.349 e. The molecule has 1 saturated carbocycles. The molecule has 1 aromatic carbocycles. The number of carbonyl (C=O) groups is 1. The van der Waals surface area contributed by atoms with Crippen LogP contribution in [0.3, 0.4) is 0 Å². The molecule has 19 heavy (non-hydrogen) atoms. The van der Waals surface area contributed by atoms with E-state index < -0.39 is 0 Å². The minimum atomic E-state index is -0.0773. The topological polar surface area (TPSA) is 29.1 Å². The number of hydrogen-bond donors (Lipinski definition) is 2. The average molecular weight is 298 g/mol. The van der Waals surface area contributed by atoms with Crippen molar-refractivity contribution in [2.75, 3.05) is 0 Å². The normalized spacial score (nSPS) is 17.6. The van der Waals surface area contributed by atoms with Crippen molar-refractivity contribution in [3.8, 4) is 0 Å². The number of thiol groups is 1. The van der Waals surface area contributed by atoms with Crippen LogP contribution in [0.5, 0.6) is 0 Å². The van der Waals surface area contributed by atoms with E-state index in [1.807, 2.05) is 0 Å². The number of amides is 1. The fourth-order valence-corrected chi connectivity index (χ4v) is 2.96. The summed E-state index contributed by atoms with van der Waals surface area (Å²) in [6.07, 6.45) is 8.43. The molecule has 1 aliphatic rings. The van der Waals surface area contributed by atoms with Gasteiger partial charge in [0, 0.05) is 10.9 Å². The summed E-state index contributed by atoms with van der Waals surface area (Å²) in [5.74, 6) is -0.0773. The summed E-state index contributed by atoms with van der Waals surface area (Å²) in [7, 11) is 0. The Morgan fingerprint density at radius 1 is 1.16 bits per heavy atom. The van der Waals surface area contributed by atoms with E-state index in [0.717, 1.165) is 17.7 Å². The van der Waals surface area contributed by atoms with Crippen LogP contribution in [-0.4, -0.2) is 11.9 Å². The third kappa shape index (κ3) is 4.43. The van der Waals surface area contributed by atoms with Crippen LogP contribution in [0.4, 0.5) is 0 Å². The fraction of sp³-hybridized carbons (Fsp3) is 0.533. The Bertz CT molecular complexity index is 442. The van der Waals surface area contributed by atoms with Gasteiger partial charge in [0.25, 0.3) is 5.91 Å². The molecule has 1 aliphatic carbocycles. The molecule has 1 N–H and O–H groups in total. The summed E-state index contributed by atoms with van der Waals surface area (Å²) >= 11 is 10.3. The Balaban J connectivity index is 2.00. The third-order valence-corrected chi connectivity index (χ3v) is 4.24. The number of nitrogens with one attached hydrogen (secondary N) is 1. The lowest BCUT2D eigenvalue weighted by Gasteiger charge is -2.21. The van der Waals surface area contributed by atoms with E-state index >= 15 is 0 Å². The van der Waals surface area contributed by atoms with Gasteiger partial charge in [0.15, 0.2) is 0 Å². The second-order valence-corrected chi connectivity index (χ2v) is 6.10. The number of carbonyl (C=O) groups excluding carboxylic acids is 1. The predicted molar refractivity (Wildman–Crippen MR) is 82.3 cm³/mol. The molecule has 1 fully saturated rings. The van der Waals surface area contributed by atoms with Crippen LogP contribution < -0.4 is 5.32 Å². The molecule has 0 aliphatic heterocycles. The smallest absolute Gasteiger partial charge is 0.253 e. The van der Waals surface area contributed by atoms with Gasteiger partial charge in [-0.1, -0.05) is 43.7 Å². The SMILES string of the molecule is O=C(NC1CCCCCCC1)c1cc(S)ccc1Cl. The zero-order valence-electron chi connectivity index (χ0n) is 11.0. The van der Waals surface area contributed by atoms with Crippen LogP contribution in [0.2, 0.25) is 5.02 Å². The lowest BCUT2D eigenvalue weighted by molar-refractivity contribution is 0.0930. The van der Waals surface area contributed by atoms with Gasteiger partial charge in [-0.2, -0.15) is 0 Å². The molecule has 0 bridgehead atoms. The molecule has 0 atom stereocenters. The van der Waals surface area contributed by atoms with Gasteiger partial charge in [-0.15, -0.1) is 12.6 Å². The van der Waals surface area contributed by atoms with Crippen molar-refractivity contribution in [2.45, 2.75) is 55.9 Å². The largest absolute Gasteiger partial charge is 0.349 e. The van der Waals surface area contributed by atoms with Crippen LogP contribution in [0.1, 0.15) is 55.3 Å². The van der Waals surface area contributed by atoms with Crippen molar-refractivity contribution in [3.05, 3.63) is 28.8 Å². The van der Waals surface area contributed by atoms with Gasteiger partial charge in [0.05, 0.1) is 10.6 Å². The first-order chi connectivity index (χ1) is 9.16. The highest BCUT2D eigenvalue weighted by Crippen LogP contribution is 2.21. The molecule has 1 amide bonds. The summed E-state index contributed by atoms with van der Waals surface area (Å²) in [6.45, 7) is 0. The van der Waals surface area contributed by atoms with E-state index in [2.05, 4.69) is 17.9 Å². The molecular weight excluding hydrogens is 278 g/mol. The second-order valence-electron chi connectivity index (χ2n) is 5.18. The van der Waals surface area contributed by atoms with E-state index in [4.69, 9.17) is 11.6 Å². The standard InChI is InChI=1S/C15H20ClNOS/c16-14-9-8-12(19)10-13(14)15(18)17-11-6-4-2-1-3-5-7-11/h8-11,19H,1-7H2,(H,17,18). The monoisotopic (exact) mass is 297 g/mol. The fourth-order valence-electron chi connectivity index (χ4n) is 2.55. The Morgan fingerprint density at radius 2 is 1.79 bits per heavy atom. The van der Waals surface area contributed by atoms with Crippen molar-refractivity contribution in [3.63, 3.8) is 0 Å². The van der Waals surface area contributed by atoms with Gasteiger partial charge >= 0.3 is 0 Å². The van der Waals surface area contributed by atoms with Crippen molar-refractivity contribution in [2.24, 2.45) is 0 Å². The zero-order chi connectivity index (χ0) is 13.7. The Morgan fingerprint density at radius 3 is 2.47 bits per heavy atom. The lowest BCUT2D eigenvalue weighted by Crippen LogP contribution is -2.35. The van der Waals surface area contributed by atoms with Crippen molar-refractivity contribution in [1.29, 1.82) is 0 Å². The van der Waals surface area contributed by atoms with E-state index in [9.17, 15) is 4.79 Å². The number of rotatable bonds is 2. The molecular formula is C15H20ClNOS. The van der Waals surface area contributed by atoms with E-state index in [0.29, 0.717) is 10.6 Å². The highest BCUT2D eigenvalue weighted by atomic mass is 35.5. The van der Waals surface area contributed by atoms with Gasteiger partial charge in [-0.05, 0) is 31.0 Å². The Hall–Kier alpha value is -0.670. The Kier molecular flexibility index (Phi) is 5.59. The van der Waals surface area contributed by atoms with Crippen molar-refractivity contribution < 1.29 is 4.79 Å². The highest BCUT2D eigenvalue weighted by Gasteiger charge is 2.17. The van der Waals surface area contributed by atoms with Gasteiger partial charge < -0.3 is 5.32 Å². The van der Waals surface area contributed by atoms with Gasteiger partial charge in [-0.3, -0.25) is 4.79 Å². The summed E-state index contributed by atoms with van der Waals surface area (Å²) < 4.78 is 0. The molecule has 104 valence electrons. The zero-order valence-corrected chi connectivity index (χ0v) is 12.6. The summed E-state index contributed by atoms with van der Waals surface area (Å²) in [5, 5.41) is 3.60. The third-order valence-electron chi connectivity index (χ3n) is 3.63. The second kappa shape index (κ2) is 7.20. The van der Waals surface area contributed by atoms with Gasteiger partial charge in [-0.25, -0.2) is 0 Å². The molecule has 0 unspecified atom stereocenters. The predicted octanol–water partition coefficient (Wildman–Crippen LogP) is 4.47. The molecule has 0 spiro atoms. The first kappa shape index (κ1) is 14.7. The van der Waals surface area contributed by atoms with E-state index in [1.165, 1.54) is 32.1 Å². The van der Waals surface area contributed by atoms with Crippen molar-refractivity contribution in [1.82, 2.24) is 5.32 Å². The molecule has 0 saturated heterocycles. The molecule has 2 nitrogen and oxygen atoms in total. The maximum absolute atomic E-state index is 12.3. The van der Waals surface area contributed by atoms with Gasteiger partial charge in [0.1, 0.15) is 0 Å². The molecule has 2 rings (SSSR count). The summed E-state index contributed by atoms with van der Waals surface area (Å²) in [4.78, 5) is 13.0. The summed E-state index contributed by atoms with van der Waals surface area (Å²) in [6, 6.07) is 5.52. The number of hydrogen-bond acceptors (Lipinski definition) is 2. The van der Waals surface area contributed by atoms with Crippen LogP contribution in [0, 0.1) is 0 Å². The van der Waals surface area contributed by atoms with Crippen LogP contribution in [-0.2, 0) is 0 Å². The summed E-state index contributed by atoms with van der Waals surface area (Å²) in [5.41, 5.74) is 0.524. The van der Waals surface area contributed by atoms with E-state index in [-0.39, 0.29) is 11.9 Å². The first-order valence-corrected chi connectivity index (χ1v) is 7.79. The molecule has 1 aromatic rings. The van der Waals surface area contributed by atoms with Crippen LogP contribution in [0.25, 0.3) is 0 Å². The minimum absolute atomic E-state index is 0.0773. The molecule has 0 radical (unpaired) electrons. The molecule has 0 aromatic heterocycles. The van der Waals surface area contributed by atoms with Crippen molar-refractivity contribution >= 4 is 30.1 Å². The maximum Gasteiger partial charge on any atom is 0.253 e. The number of halogens is 1. The molecule has 0 heterocycles. The average Bonchev–Trinajstić information content (AvgIpc) is 2.35.